The molecule has 0 atom stereocenters. The van der Waals surface area contributed by atoms with Gasteiger partial charge in [0.25, 0.3) is 5.91 Å². The zero-order valence-corrected chi connectivity index (χ0v) is 13.1. The molecular weight excluding hydrogens is 311 g/mol. The lowest BCUT2D eigenvalue weighted by Crippen LogP contribution is -2.34. The second kappa shape index (κ2) is 8.01. The van der Waals surface area contributed by atoms with E-state index in [2.05, 4.69) is 10.6 Å². The average Bonchev–Trinajstić information content (AvgIpc) is 2.58. The number of hydrogen-bond acceptors (Lipinski definition) is 3. The summed E-state index contributed by atoms with van der Waals surface area (Å²) in [5, 5.41) is 5.21. The van der Waals surface area contributed by atoms with Gasteiger partial charge in [0.05, 0.1) is 5.56 Å². The van der Waals surface area contributed by atoms with E-state index >= 15 is 0 Å². The largest absolute Gasteiger partial charge is 0.355 e. The quantitative estimate of drug-likeness (QED) is 0.628. The van der Waals surface area contributed by atoms with Crippen LogP contribution in [0.5, 0.6) is 0 Å². The zero-order chi connectivity index (χ0) is 17.5. The fraction of sp³-hybridized carbons (Fsp3) is 0.167. The van der Waals surface area contributed by atoms with E-state index in [0.29, 0.717) is 12.1 Å². The van der Waals surface area contributed by atoms with Crippen molar-refractivity contribution < 1.29 is 18.8 Å². The summed E-state index contributed by atoms with van der Waals surface area (Å²) < 4.78 is 13.0. The molecule has 2 aromatic carbocycles. The van der Waals surface area contributed by atoms with Crippen molar-refractivity contribution in [3.05, 3.63) is 71.0 Å². The molecule has 0 unspecified atom stereocenters. The minimum absolute atomic E-state index is 0.184. The van der Waals surface area contributed by atoms with Crippen LogP contribution in [0, 0.1) is 5.82 Å². The number of ketones is 1. The molecule has 0 fully saturated rings. The minimum atomic E-state index is -0.435. The molecule has 0 aromatic heterocycles. The summed E-state index contributed by atoms with van der Waals surface area (Å²) in [7, 11) is 0. The molecule has 0 saturated heterocycles. The van der Waals surface area contributed by atoms with Gasteiger partial charge >= 0.3 is 0 Å². The van der Waals surface area contributed by atoms with Gasteiger partial charge in [0.15, 0.2) is 5.78 Å². The summed E-state index contributed by atoms with van der Waals surface area (Å²) in [5.41, 5.74) is 0.769. The van der Waals surface area contributed by atoms with Crippen molar-refractivity contribution in [1.82, 2.24) is 10.6 Å². The molecule has 2 aromatic rings. The third-order valence-electron chi connectivity index (χ3n) is 3.31. The van der Waals surface area contributed by atoms with Crippen LogP contribution in [0.1, 0.15) is 33.2 Å². The summed E-state index contributed by atoms with van der Waals surface area (Å²) >= 11 is 0. The van der Waals surface area contributed by atoms with E-state index < -0.39 is 11.7 Å². The molecule has 0 heterocycles. The Balaban J connectivity index is 2.14. The lowest BCUT2D eigenvalue weighted by atomic mass is 9.98. The van der Waals surface area contributed by atoms with E-state index in [9.17, 15) is 18.8 Å². The average molecular weight is 328 g/mol. The van der Waals surface area contributed by atoms with Gasteiger partial charge in [-0.25, -0.2) is 4.39 Å². The smallest absolute Gasteiger partial charge is 0.252 e. The predicted octanol–water partition coefficient (Wildman–Crippen LogP) is 1.92. The number of hydrogen-bond donors (Lipinski definition) is 2. The fourth-order valence-corrected chi connectivity index (χ4v) is 2.15. The molecule has 124 valence electrons. The number of carbonyl (C=O) groups excluding carboxylic acids is 3. The molecule has 0 saturated carbocycles. The van der Waals surface area contributed by atoms with E-state index in [-0.39, 0.29) is 29.4 Å². The molecule has 0 aliphatic carbocycles. The van der Waals surface area contributed by atoms with E-state index in [4.69, 9.17) is 0 Å². The summed E-state index contributed by atoms with van der Waals surface area (Å²) in [5.74, 6) is -1.39. The van der Waals surface area contributed by atoms with Gasteiger partial charge in [0.2, 0.25) is 5.91 Å². The molecule has 2 amide bonds. The predicted molar refractivity (Wildman–Crippen MR) is 87.3 cm³/mol. The van der Waals surface area contributed by atoms with Crippen molar-refractivity contribution in [2.45, 2.75) is 6.92 Å². The third kappa shape index (κ3) is 4.49. The highest BCUT2D eigenvalue weighted by Gasteiger charge is 2.17. The van der Waals surface area contributed by atoms with Crippen molar-refractivity contribution in [3.8, 4) is 0 Å². The lowest BCUT2D eigenvalue weighted by Gasteiger charge is -2.10. The maximum absolute atomic E-state index is 13.0. The van der Waals surface area contributed by atoms with Crippen LogP contribution >= 0.6 is 0 Å². The van der Waals surface area contributed by atoms with E-state index in [0.717, 1.165) is 0 Å². The summed E-state index contributed by atoms with van der Waals surface area (Å²) in [4.78, 5) is 35.6. The second-order valence-corrected chi connectivity index (χ2v) is 5.12. The number of halogens is 1. The van der Waals surface area contributed by atoms with E-state index in [1.165, 1.54) is 31.2 Å². The highest BCUT2D eigenvalue weighted by molar-refractivity contribution is 6.15. The first-order valence-electron chi connectivity index (χ1n) is 7.41. The summed E-state index contributed by atoms with van der Waals surface area (Å²) in [6.07, 6.45) is 0. The van der Waals surface area contributed by atoms with Gasteiger partial charge in [-0.1, -0.05) is 18.2 Å². The Bertz CT molecular complexity index is 757. The highest BCUT2D eigenvalue weighted by atomic mass is 19.1. The maximum atomic E-state index is 13.0. The monoisotopic (exact) mass is 328 g/mol. The van der Waals surface area contributed by atoms with Gasteiger partial charge < -0.3 is 10.6 Å². The maximum Gasteiger partial charge on any atom is 0.252 e. The summed E-state index contributed by atoms with van der Waals surface area (Å²) in [6.45, 7) is 1.94. The SMILES string of the molecule is CC(=O)NCCNC(=O)c1ccccc1C(=O)c1ccc(F)cc1. The molecule has 5 nitrogen and oxygen atoms in total. The van der Waals surface area contributed by atoms with E-state index in [1.54, 1.807) is 24.3 Å². The van der Waals surface area contributed by atoms with E-state index in [1.807, 2.05) is 0 Å². The Labute approximate surface area is 138 Å². The molecular formula is C18H17FN2O3. The fourth-order valence-electron chi connectivity index (χ4n) is 2.15. The Morgan fingerprint density at radius 3 is 2.08 bits per heavy atom. The zero-order valence-electron chi connectivity index (χ0n) is 13.1. The second-order valence-electron chi connectivity index (χ2n) is 5.12. The first kappa shape index (κ1) is 17.3. The molecule has 0 radical (unpaired) electrons. The van der Waals surface area contributed by atoms with Crippen molar-refractivity contribution in [1.29, 1.82) is 0 Å². The number of nitrogens with one attached hydrogen (secondary N) is 2. The van der Waals surface area contributed by atoms with Gasteiger partial charge in [-0.05, 0) is 30.3 Å². The standard InChI is InChI=1S/C18H17FN2O3/c1-12(22)20-10-11-21-18(24)16-5-3-2-4-15(16)17(23)13-6-8-14(19)9-7-13/h2-9H,10-11H2,1H3,(H,20,22)(H,21,24). The molecule has 6 heteroatoms. The number of rotatable bonds is 6. The van der Waals surface area contributed by atoms with Crippen molar-refractivity contribution in [2.24, 2.45) is 0 Å². The summed E-state index contributed by atoms with van der Waals surface area (Å²) in [6, 6.07) is 11.6. The molecule has 0 bridgehead atoms. The van der Waals surface area contributed by atoms with Gasteiger partial charge in [-0.2, -0.15) is 0 Å². The Morgan fingerprint density at radius 1 is 0.875 bits per heavy atom. The number of amides is 2. The van der Waals surface area contributed by atoms with Crippen molar-refractivity contribution in [3.63, 3.8) is 0 Å². The minimum Gasteiger partial charge on any atom is -0.355 e. The van der Waals surface area contributed by atoms with Crippen molar-refractivity contribution >= 4 is 17.6 Å². The van der Waals surface area contributed by atoms with Crippen LogP contribution in [0.4, 0.5) is 4.39 Å². The van der Waals surface area contributed by atoms with Crippen LogP contribution in [-0.4, -0.2) is 30.7 Å². The first-order chi connectivity index (χ1) is 11.5. The molecule has 2 rings (SSSR count). The molecule has 24 heavy (non-hydrogen) atoms. The molecule has 2 N–H and O–H groups in total. The van der Waals surface area contributed by atoms with Gasteiger partial charge in [0.1, 0.15) is 5.82 Å². The topological polar surface area (TPSA) is 75.3 Å². The van der Waals surface area contributed by atoms with Crippen LogP contribution in [0.2, 0.25) is 0 Å². The van der Waals surface area contributed by atoms with Crippen LogP contribution in [-0.2, 0) is 4.79 Å². The van der Waals surface area contributed by atoms with Gasteiger partial charge in [-0.3, -0.25) is 14.4 Å². The molecule has 0 aliphatic rings. The first-order valence-corrected chi connectivity index (χ1v) is 7.41. The number of benzene rings is 2. The Morgan fingerprint density at radius 2 is 1.46 bits per heavy atom. The lowest BCUT2D eigenvalue weighted by molar-refractivity contribution is -0.118. The van der Waals surface area contributed by atoms with Crippen LogP contribution in [0.3, 0.4) is 0 Å². The van der Waals surface area contributed by atoms with Gasteiger partial charge in [0, 0.05) is 31.1 Å². The molecule has 0 aliphatic heterocycles. The van der Waals surface area contributed by atoms with Crippen LogP contribution < -0.4 is 10.6 Å². The van der Waals surface area contributed by atoms with Crippen molar-refractivity contribution in [2.75, 3.05) is 13.1 Å². The Hall–Kier alpha value is -3.02. The molecule has 0 spiro atoms. The highest BCUT2D eigenvalue weighted by Crippen LogP contribution is 2.15. The number of carbonyl (C=O) groups is 3. The normalized spacial score (nSPS) is 10.1. The van der Waals surface area contributed by atoms with Gasteiger partial charge in [-0.15, -0.1) is 0 Å². The van der Waals surface area contributed by atoms with Crippen LogP contribution in [0.15, 0.2) is 48.5 Å². The Kier molecular flexibility index (Phi) is 5.78. The van der Waals surface area contributed by atoms with Crippen LogP contribution in [0.25, 0.3) is 0 Å². The third-order valence-corrected chi connectivity index (χ3v) is 3.31.